The Labute approximate surface area is 216 Å². The smallest absolute Gasteiger partial charge is 0.255 e. The third-order valence-electron chi connectivity index (χ3n) is 7.12. The van der Waals surface area contributed by atoms with E-state index in [1.165, 1.54) is 17.4 Å². The topological polar surface area (TPSA) is 83.1 Å². The standard InChI is InChI=1S/C29H32FN5O2/c1-17-8-7-9-20(12-17)32-27-23(29(36)35(2)3)13-18(15-24(27)30)19-14-22-26(33-34-28(22)31-16-19)21-10-5-6-11-25(21)37-4/h5-6,10-11,13-17,20,32H,7-9,12H2,1-4H3,(H,31,33,34). The van der Waals surface area contributed by atoms with Crippen LogP contribution in [-0.4, -0.2) is 53.2 Å². The highest BCUT2D eigenvalue weighted by molar-refractivity contribution is 6.01. The summed E-state index contributed by atoms with van der Waals surface area (Å²) in [6.07, 6.45) is 5.88. The number of para-hydroxylation sites is 1. The zero-order valence-electron chi connectivity index (χ0n) is 21.6. The van der Waals surface area contributed by atoms with Crippen LogP contribution in [0.25, 0.3) is 33.4 Å². The number of pyridine rings is 1. The number of halogens is 1. The molecule has 0 spiro atoms. The van der Waals surface area contributed by atoms with Crippen LogP contribution >= 0.6 is 0 Å². The Morgan fingerprint density at radius 2 is 1.97 bits per heavy atom. The number of carbonyl (C=O) groups is 1. The van der Waals surface area contributed by atoms with Crippen molar-refractivity contribution in [1.82, 2.24) is 20.1 Å². The Morgan fingerprint density at radius 1 is 1.16 bits per heavy atom. The summed E-state index contributed by atoms with van der Waals surface area (Å²) in [6.45, 7) is 2.22. The van der Waals surface area contributed by atoms with Crippen molar-refractivity contribution in [3.63, 3.8) is 0 Å². The number of nitrogens with zero attached hydrogens (tertiary/aromatic N) is 3. The maximum atomic E-state index is 15.7. The molecule has 1 aliphatic rings. The number of nitrogens with one attached hydrogen (secondary N) is 2. The largest absolute Gasteiger partial charge is 0.496 e. The van der Waals surface area contributed by atoms with Gasteiger partial charge in [-0.25, -0.2) is 9.37 Å². The molecule has 1 fully saturated rings. The van der Waals surface area contributed by atoms with Crippen LogP contribution in [0.15, 0.2) is 48.7 Å². The monoisotopic (exact) mass is 501 g/mol. The molecular formula is C29H32FN5O2. The maximum Gasteiger partial charge on any atom is 0.255 e. The third-order valence-corrected chi connectivity index (χ3v) is 7.12. The van der Waals surface area contributed by atoms with Crippen molar-refractivity contribution < 1.29 is 13.9 Å². The Kier molecular flexibility index (Phi) is 6.82. The fourth-order valence-electron chi connectivity index (χ4n) is 5.21. The van der Waals surface area contributed by atoms with Gasteiger partial charge in [-0.15, -0.1) is 0 Å². The van der Waals surface area contributed by atoms with Crippen LogP contribution < -0.4 is 10.1 Å². The fourth-order valence-corrected chi connectivity index (χ4v) is 5.21. The van der Waals surface area contributed by atoms with Crippen LogP contribution in [0.3, 0.4) is 0 Å². The first kappa shape index (κ1) is 24.7. The molecule has 192 valence electrons. The highest BCUT2D eigenvalue weighted by Crippen LogP contribution is 2.36. The number of anilines is 1. The Hall–Kier alpha value is -3.94. The lowest BCUT2D eigenvalue weighted by Crippen LogP contribution is -2.29. The van der Waals surface area contributed by atoms with E-state index in [4.69, 9.17) is 4.74 Å². The molecule has 0 bridgehead atoms. The number of H-pyrrole nitrogens is 1. The molecule has 0 radical (unpaired) electrons. The van der Waals surface area contributed by atoms with Gasteiger partial charge in [0.1, 0.15) is 17.3 Å². The lowest BCUT2D eigenvalue weighted by atomic mass is 9.86. The van der Waals surface area contributed by atoms with Crippen LogP contribution in [0.1, 0.15) is 43.0 Å². The lowest BCUT2D eigenvalue weighted by molar-refractivity contribution is 0.0828. The number of carbonyl (C=O) groups excluding carboxylic acids is 1. The summed E-state index contributed by atoms with van der Waals surface area (Å²) < 4.78 is 21.2. The molecule has 0 saturated heterocycles. The fraction of sp³-hybridized carbons (Fsp3) is 0.345. The van der Waals surface area contributed by atoms with Gasteiger partial charge in [-0.2, -0.15) is 5.10 Å². The van der Waals surface area contributed by atoms with Crippen LogP contribution in [0.4, 0.5) is 10.1 Å². The minimum absolute atomic E-state index is 0.144. The van der Waals surface area contributed by atoms with Gasteiger partial charge in [0.15, 0.2) is 5.65 Å². The lowest BCUT2D eigenvalue weighted by Gasteiger charge is -2.29. The van der Waals surface area contributed by atoms with E-state index in [2.05, 4.69) is 27.4 Å². The molecule has 2 N–H and O–H groups in total. The number of ether oxygens (including phenoxy) is 1. The van der Waals surface area contributed by atoms with Crippen molar-refractivity contribution in [3.05, 3.63) is 60.0 Å². The van der Waals surface area contributed by atoms with Gasteiger partial charge in [0.2, 0.25) is 0 Å². The minimum atomic E-state index is -0.446. The average Bonchev–Trinajstić information content (AvgIpc) is 3.32. The Bertz CT molecular complexity index is 1450. The predicted octanol–water partition coefficient (Wildman–Crippen LogP) is 6.13. The average molecular weight is 502 g/mol. The van der Waals surface area contributed by atoms with Crippen molar-refractivity contribution >= 4 is 22.6 Å². The van der Waals surface area contributed by atoms with Crippen LogP contribution in [0.2, 0.25) is 0 Å². The molecule has 2 unspecified atom stereocenters. The van der Waals surface area contributed by atoms with Crippen LogP contribution in [0, 0.1) is 11.7 Å². The molecule has 5 rings (SSSR count). The van der Waals surface area contributed by atoms with E-state index < -0.39 is 5.82 Å². The van der Waals surface area contributed by atoms with Crippen LogP contribution in [-0.2, 0) is 0 Å². The summed E-state index contributed by atoms with van der Waals surface area (Å²) in [4.78, 5) is 19.2. The van der Waals surface area contributed by atoms with Gasteiger partial charge in [-0.3, -0.25) is 9.89 Å². The second kappa shape index (κ2) is 10.2. The molecule has 37 heavy (non-hydrogen) atoms. The Balaban J connectivity index is 1.59. The van der Waals surface area contributed by atoms with E-state index in [0.717, 1.165) is 30.2 Å². The second-order valence-corrected chi connectivity index (χ2v) is 10.1. The van der Waals surface area contributed by atoms with Gasteiger partial charge in [0.05, 0.1) is 18.4 Å². The van der Waals surface area contributed by atoms with E-state index >= 15 is 4.39 Å². The third kappa shape index (κ3) is 4.88. The van der Waals surface area contributed by atoms with Crippen LogP contribution in [0.5, 0.6) is 5.75 Å². The van der Waals surface area contributed by atoms with Gasteiger partial charge in [0, 0.05) is 42.8 Å². The van der Waals surface area contributed by atoms with Crippen molar-refractivity contribution in [2.45, 2.75) is 38.6 Å². The Morgan fingerprint density at radius 3 is 2.73 bits per heavy atom. The quantitative estimate of drug-likeness (QED) is 0.332. The maximum absolute atomic E-state index is 15.7. The molecule has 0 aliphatic heterocycles. The summed E-state index contributed by atoms with van der Waals surface area (Å²) in [7, 11) is 4.98. The van der Waals surface area contributed by atoms with Crippen molar-refractivity contribution in [2.75, 3.05) is 26.5 Å². The van der Waals surface area contributed by atoms with Crippen molar-refractivity contribution in [2.24, 2.45) is 5.92 Å². The molecule has 2 aromatic carbocycles. The molecule has 4 aromatic rings. The molecule has 8 heteroatoms. The van der Waals surface area contributed by atoms with Gasteiger partial charge >= 0.3 is 0 Å². The number of amides is 1. The van der Waals surface area contributed by atoms with Crippen molar-refractivity contribution in [3.8, 4) is 28.1 Å². The molecular weight excluding hydrogens is 469 g/mol. The SMILES string of the molecule is COc1ccccc1-c1n[nH]c2ncc(-c3cc(F)c(NC4CCCC(C)C4)c(C(=O)N(C)C)c3)cc12. The number of methoxy groups -OCH3 is 1. The minimum Gasteiger partial charge on any atom is -0.496 e. The molecule has 1 amide bonds. The molecule has 1 aliphatic carbocycles. The van der Waals surface area contributed by atoms with E-state index in [1.54, 1.807) is 33.5 Å². The summed E-state index contributed by atoms with van der Waals surface area (Å²) >= 11 is 0. The number of fused-ring (bicyclic) bond motifs is 1. The molecule has 1 saturated carbocycles. The molecule has 2 atom stereocenters. The number of hydrogen-bond donors (Lipinski definition) is 2. The van der Waals surface area contributed by atoms with E-state index in [-0.39, 0.29) is 17.6 Å². The summed E-state index contributed by atoms with van der Waals surface area (Å²) in [5.41, 5.74) is 3.98. The molecule has 2 heterocycles. The first-order valence-corrected chi connectivity index (χ1v) is 12.6. The predicted molar refractivity (Wildman–Crippen MR) is 144 cm³/mol. The molecule has 2 aromatic heterocycles. The zero-order valence-corrected chi connectivity index (χ0v) is 21.6. The first-order valence-electron chi connectivity index (χ1n) is 12.6. The van der Waals surface area contributed by atoms with Gasteiger partial charge < -0.3 is 15.0 Å². The van der Waals surface area contributed by atoms with Gasteiger partial charge in [0.25, 0.3) is 5.91 Å². The number of rotatable bonds is 6. The number of aromatic nitrogens is 3. The normalized spacial score (nSPS) is 17.5. The van der Waals surface area contributed by atoms with Gasteiger partial charge in [-0.1, -0.05) is 31.9 Å². The second-order valence-electron chi connectivity index (χ2n) is 10.1. The summed E-state index contributed by atoms with van der Waals surface area (Å²) in [6, 6.07) is 12.9. The summed E-state index contributed by atoms with van der Waals surface area (Å²) in [5.74, 6) is 0.572. The van der Waals surface area contributed by atoms with E-state index in [1.807, 2.05) is 30.3 Å². The van der Waals surface area contributed by atoms with E-state index in [9.17, 15) is 4.79 Å². The number of benzene rings is 2. The number of hydrogen-bond acceptors (Lipinski definition) is 5. The first-order chi connectivity index (χ1) is 17.9. The summed E-state index contributed by atoms with van der Waals surface area (Å²) in [5, 5.41) is 11.6. The molecule has 7 nitrogen and oxygen atoms in total. The van der Waals surface area contributed by atoms with Gasteiger partial charge in [-0.05, 0) is 54.7 Å². The highest BCUT2D eigenvalue weighted by atomic mass is 19.1. The van der Waals surface area contributed by atoms with E-state index in [0.29, 0.717) is 39.7 Å². The zero-order chi connectivity index (χ0) is 26.1. The highest BCUT2D eigenvalue weighted by Gasteiger charge is 2.25. The van der Waals surface area contributed by atoms with Crippen molar-refractivity contribution in [1.29, 1.82) is 0 Å². The number of aromatic amines is 1.